The Kier molecular flexibility index (Phi) is 2.44. The number of hydrogen-bond acceptors (Lipinski definition) is 2. The first-order valence-corrected chi connectivity index (χ1v) is 3.37. The first-order chi connectivity index (χ1) is 5.27. The zero-order valence-electron chi connectivity index (χ0n) is 5.93. The summed E-state index contributed by atoms with van der Waals surface area (Å²) < 4.78 is 4.87. The van der Waals surface area contributed by atoms with Crippen molar-refractivity contribution < 1.29 is 9.91 Å². The molecular weight excluding hydrogens is 166 g/mol. The van der Waals surface area contributed by atoms with Gasteiger partial charge in [-0.25, -0.2) is 0 Å². The summed E-state index contributed by atoms with van der Waals surface area (Å²) in [5.74, 6) is 0.451. The molecule has 58 valence electrons. The van der Waals surface area contributed by atoms with Gasteiger partial charge in [-0.15, -0.1) is 0 Å². The predicted octanol–water partition coefficient (Wildman–Crippen LogP) is 0.827. The molecule has 0 fully saturated rings. The van der Waals surface area contributed by atoms with Gasteiger partial charge in [0.25, 0.3) is 5.69 Å². The highest BCUT2D eigenvalue weighted by molar-refractivity contribution is 6.30. The van der Waals surface area contributed by atoms with Gasteiger partial charge in [0.05, 0.1) is 7.11 Å². The molecule has 0 aliphatic rings. The van der Waals surface area contributed by atoms with Crippen molar-refractivity contribution in [3.05, 3.63) is 28.1 Å². The van der Waals surface area contributed by atoms with Crippen molar-refractivity contribution in [3.8, 4) is 5.75 Å². The third-order valence-corrected chi connectivity index (χ3v) is 1.51. The molecule has 0 bridgehead atoms. The molecule has 0 atom stereocenters. The summed E-state index contributed by atoms with van der Waals surface area (Å²) in [6, 6.07) is 4.75. The van der Waals surface area contributed by atoms with E-state index in [2.05, 4.69) is 0 Å². The van der Waals surface area contributed by atoms with E-state index in [9.17, 15) is 4.91 Å². The third kappa shape index (κ3) is 1.68. The fourth-order valence-electron chi connectivity index (χ4n) is 0.749. The number of methoxy groups -OCH3 is 1. The normalized spacial score (nSPS) is 9.27. The molecule has 4 heteroatoms. The summed E-state index contributed by atoms with van der Waals surface area (Å²) in [7, 11) is 1.48. The van der Waals surface area contributed by atoms with Gasteiger partial charge >= 0.3 is 0 Å². The Morgan fingerprint density at radius 1 is 1.55 bits per heavy atom. The molecule has 0 aliphatic heterocycles. The van der Waals surface area contributed by atoms with Crippen LogP contribution in [0.2, 0.25) is 5.02 Å². The smallest absolute Gasteiger partial charge is 0.294 e. The van der Waals surface area contributed by atoms with Crippen LogP contribution in [0.4, 0.5) is 5.69 Å². The second kappa shape index (κ2) is 3.34. The molecule has 1 rings (SSSR count). The molecule has 0 saturated carbocycles. The zero-order chi connectivity index (χ0) is 8.27. The van der Waals surface area contributed by atoms with E-state index in [1.807, 2.05) is 0 Å². The topological polar surface area (TPSA) is 40.3 Å². The van der Waals surface area contributed by atoms with Gasteiger partial charge < -0.3 is 4.74 Å². The molecule has 1 aromatic rings. The lowest BCUT2D eigenvalue weighted by atomic mass is 10.3. The first kappa shape index (κ1) is 8.01. The van der Waals surface area contributed by atoms with Crippen LogP contribution >= 0.6 is 11.6 Å². The van der Waals surface area contributed by atoms with E-state index >= 15 is 0 Å². The number of nitrogens with one attached hydrogen (secondary N) is 1. The standard InChI is InChI=1S/C7H6ClNO2/c1-11-7-4-5(8)2-3-6(7)9-10/h2-4H,1H3/p+1. The van der Waals surface area contributed by atoms with Crippen molar-refractivity contribution in [1.82, 2.24) is 0 Å². The maximum absolute atomic E-state index is 10.2. The number of rotatable bonds is 2. The fraction of sp³-hybridized carbons (Fsp3) is 0.143. The Balaban J connectivity index is 3.16. The van der Waals surface area contributed by atoms with E-state index < -0.39 is 0 Å². The van der Waals surface area contributed by atoms with Crippen LogP contribution in [0.1, 0.15) is 0 Å². The minimum absolute atomic E-state index is 0.386. The third-order valence-electron chi connectivity index (χ3n) is 1.27. The largest absolute Gasteiger partial charge is 0.490 e. The van der Waals surface area contributed by atoms with Gasteiger partial charge in [0, 0.05) is 27.2 Å². The molecule has 0 spiro atoms. The lowest BCUT2D eigenvalue weighted by Crippen LogP contribution is -2.55. The van der Waals surface area contributed by atoms with E-state index in [-0.39, 0.29) is 0 Å². The molecule has 0 aliphatic carbocycles. The van der Waals surface area contributed by atoms with E-state index in [0.717, 1.165) is 0 Å². The maximum atomic E-state index is 10.2. The molecule has 3 nitrogen and oxygen atoms in total. The summed E-state index contributed by atoms with van der Waals surface area (Å²) >= 11 is 5.64. The van der Waals surface area contributed by atoms with Crippen LogP contribution < -0.4 is 9.91 Å². The van der Waals surface area contributed by atoms with Crippen LogP contribution in [0.5, 0.6) is 5.75 Å². The minimum atomic E-state index is 0.386. The number of hydrogen-bond donors (Lipinski definition) is 1. The van der Waals surface area contributed by atoms with Crippen molar-refractivity contribution >= 4 is 17.3 Å². The lowest BCUT2D eigenvalue weighted by molar-refractivity contribution is -0.380. The van der Waals surface area contributed by atoms with E-state index in [1.165, 1.54) is 7.11 Å². The van der Waals surface area contributed by atoms with Crippen LogP contribution in [0.3, 0.4) is 0 Å². The molecule has 1 aromatic carbocycles. The number of halogens is 1. The maximum Gasteiger partial charge on any atom is 0.294 e. The SMILES string of the molecule is COc1cc(Cl)ccc1[NH+]=O. The molecule has 11 heavy (non-hydrogen) atoms. The number of ether oxygens (including phenoxy) is 1. The monoisotopic (exact) mass is 172 g/mol. The molecule has 0 aromatic heterocycles. The Morgan fingerprint density at radius 3 is 2.82 bits per heavy atom. The van der Waals surface area contributed by atoms with E-state index in [4.69, 9.17) is 16.3 Å². The van der Waals surface area contributed by atoms with Crippen LogP contribution in [-0.4, -0.2) is 7.11 Å². The fourth-order valence-corrected chi connectivity index (χ4v) is 0.911. The molecular formula is C7H7ClNO2+. The summed E-state index contributed by atoms with van der Waals surface area (Å²) in [5, 5.41) is 2.28. The predicted molar refractivity (Wildman–Crippen MR) is 42.0 cm³/mol. The highest BCUT2D eigenvalue weighted by Gasteiger charge is 2.07. The van der Waals surface area contributed by atoms with Crippen LogP contribution in [0, 0.1) is 4.91 Å². The summed E-state index contributed by atoms with van der Waals surface area (Å²) in [6.07, 6.45) is 0. The van der Waals surface area contributed by atoms with Crippen molar-refractivity contribution in [2.24, 2.45) is 0 Å². The lowest BCUT2D eigenvalue weighted by Gasteiger charge is -1.96. The van der Waals surface area contributed by atoms with Crippen molar-refractivity contribution in [2.75, 3.05) is 7.11 Å². The highest BCUT2D eigenvalue weighted by atomic mass is 35.5. The second-order valence-electron chi connectivity index (χ2n) is 1.95. The van der Waals surface area contributed by atoms with Gasteiger partial charge in [-0.3, -0.25) is 0 Å². The van der Waals surface area contributed by atoms with Crippen molar-refractivity contribution in [2.45, 2.75) is 0 Å². The van der Waals surface area contributed by atoms with Crippen LogP contribution in [0.25, 0.3) is 0 Å². The minimum Gasteiger partial charge on any atom is -0.490 e. The summed E-state index contributed by atoms with van der Waals surface area (Å²) in [4.78, 5) is 10.2. The molecule has 1 N–H and O–H groups in total. The zero-order valence-corrected chi connectivity index (χ0v) is 6.68. The average Bonchev–Trinajstić information content (AvgIpc) is 2.04. The average molecular weight is 173 g/mol. The van der Waals surface area contributed by atoms with Crippen molar-refractivity contribution in [3.63, 3.8) is 0 Å². The van der Waals surface area contributed by atoms with Gasteiger partial charge in [0.15, 0.2) is 5.75 Å². The quantitative estimate of drug-likeness (QED) is 0.718. The Morgan fingerprint density at radius 2 is 2.27 bits per heavy atom. The van der Waals surface area contributed by atoms with Crippen molar-refractivity contribution in [1.29, 1.82) is 0 Å². The van der Waals surface area contributed by atoms with Gasteiger partial charge in [-0.2, -0.15) is 0 Å². The van der Waals surface area contributed by atoms with Gasteiger partial charge in [0.1, 0.15) is 0 Å². The number of benzene rings is 1. The Labute approximate surface area is 68.9 Å². The van der Waals surface area contributed by atoms with E-state index in [0.29, 0.717) is 16.5 Å². The summed E-state index contributed by atoms with van der Waals surface area (Å²) in [6.45, 7) is 0. The summed E-state index contributed by atoms with van der Waals surface area (Å²) in [5.41, 5.74) is 0.386. The number of nitroso groups, excluding NO2 is 1. The van der Waals surface area contributed by atoms with Gasteiger partial charge in [0.2, 0.25) is 0 Å². The van der Waals surface area contributed by atoms with Gasteiger partial charge in [-0.05, 0) is 6.07 Å². The Hall–Kier alpha value is -1.09. The van der Waals surface area contributed by atoms with E-state index in [1.54, 1.807) is 23.4 Å². The highest BCUT2D eigenvalue weighted by Crippen LogP contribution is 2.23. The molecule has 0 heterocycles. The molecule has 0 saturated heterocycles. The van der Waals surface area contributed by atoms with Crippen LogP contribution in [0.15, 0.2) is 18.2 Å². The molecule has 0 amide bonds. The van der Waals surface area contributed by atoms with Crippen LogP contribution in [-0.2, 0) is 0 Å². The molecule has 0 radical (unpaired) electrons. The first-order valence-electron chi connectivity index (χ1n) is 2.99. The Bertz CT molecular complexity index is 275. The second-order valence-corrected chi connectivity index (χ2v) is 2.38. The van der Waals surface area contributed by atoms with Gasteiger partial charge in [-0.1, -0.05) is 11.6 Å². The molecule has 0 unspecified atom stereocenters.